The Bertz CT molecular complexity index is 842. The number of hydroxylamine groups is 2. The zero-order valence-corrected chi connectivity index (χ0v) is 18.0. The lowest BCUT2D eigenvalue weighted by molar-refractivity contribution is -0.245. The molecule has 3 unspecified atom stereocenters. The number of aliphatic hydroxyl groups excluding tert-OH is 1. The maximum absolute atomic E-state index is 10.7. The standard InChI is InChI=1S/C22H30N4O4/c1-21(2,3)30-20(27)25-13-17-14-29-26(12-16-5-7-18(28-4)8-6-16)22(17,15-25)19-11-23-9-10-24-19/h5-11,17,20,27H,12-15H2,1-4H3. The van der Waals surface area contributed by atoms with Gasteiger partial charge in [0.05, 0.1) is 37.8 Å². The molecule has 1 N–H and O–H groups in total. The highest BCUT2D eigenvalue weighted by atomic mass is 16.7. The summed E-state index contributed by atoms with van der Waals surface area (Å²) in [6.45, 7) is 8.11. The van der Waals surface area contributed by atoms with E-state index in [-0.39, 0.29) is 5.92 Å². The van der Waals surface area contributed by atoms with Crippen molar-refractivity contribution in [3.05, 3.63) is 54.1 Å². The van der Waals surface area contributed by atoms with Gasteiger partial charge in [-0.05, 0) is 38.5 Å². The van der Waals surface area contributed by atoms with E-state index in [1.54, 1.807) is 25.7 Å². The van der Waals surface area contributed by atoms with Gasteiger partial charge in [0.15, 0.2) is 0 Å². The maximum atomic E-state index is 10.7. The van der Waals surface area contributed by atoms with Crippen LogP contribution in [-0.4, -0.2) is 63.9 Å². The van der Waals surface area contributed by atoms with Gasteiger partial charge in [-0.15, -0.1) is 0 Å². The first-order valence-electron chi connectivity index (χ1n) is 10.2. The molecule has 2 aromatic rings. The third-order valence-electron chi connectivity index (χ3n) is 5.71. The molecule has 0 amide bonds. The molecule has 4 rings (SSSR count). The molecule has 8 heteroatoms. The molecule has 3 atom stereocenters. The minimum Gasteiger partial charge on any atom is -0.497 e. The summed E-state index contributed by atoms with van der Waals surface area (Å²) in [5.41, 5.74) is 0.975. The topological polar surface area (TPSA) is 80.2 Å². The molecule has 0 radical (unpaired) electrons. The van der Waals surface area contributed by atoms with Crippen LogP contribution in [0.2, 0.25) is 0 Å². The number of benzene rings is 1. The fraction of sp³-hybridized carbons (Fsp3) is 0.545. The van der Waals surface area contributed by atoms with Crippen molar-refractivity contribution in [2.75, 3.05) is 26.8 Å². The SMILES string of the molecule is COc1ccc(CN2OCC3CN(C(O)OC(C)(C)C)CC32c2cnccn2)cc1. The number of methoxy groups -OCH3 is 1. The van der Waals surface area contributed by atoms with Crippen LogP contribution in [0.4, 0.5) is 0 Å². The quantitative estimate of drug-likeness (QED) is 0.721. The van der Waals surface area contributed by atoms with Crippen molar-refractivity contribution in [2.24, 2.45) is 5.92 Å². The van der Waals surface area contributed by atoms with Gasteiger partial charge in [0, 0.05) is 31.4 Å². The average molecular weight is 415 g/mol. The number of hydrogen-bond donors (Lipinski definition) is 1. The first kappa shape index (κ1) is 21.1. The van der Waals surface area contributed by atoms with E-state index in [1.807, 2.05) is 55.0 Å². The lowest BCUT2D eigenvalue weighted by Crippen LogP contribution is -2.48. The Morgan fingerprint density at radius 2 is 2.03 bits per heavy atom. The molecule has 1 aromatic heterocycles. The van der Waals surface area contributed by atoms with Gasteiger partial charge in [-0.2, -0.15) is 5.06 Å². The van der Waals surface area contributed by atoms with Crippen LogP contribution in [0.3, 0.4) is 0 Å². The van der Waals surface area contributed by atoms with E-state index < -0.39 is 17.6 Å². The van der Waals surface area contributed by atoms with Gasteiger partial charge < -0.3 is 14.6 Å². The minimum absolute atomic E-state index is 0.130. The highest BCUT2D eigenvalue weighted by Gasteiger charge is 2.59. The van der Waals surface area contributed by atoms with Gasteiger partial charge in [-0.1, -0.05) is 12.1 Å². The first-order valence-corrected chi connectivity index (χ1v) is 10.2. The highest BCUT2D eigenvalue weighted by Crippen LogP contribution is 2.47. The molecule has 0 bridgehead atoms. The number of aromatic nitrogens is 2. The van der Waals surface area contributed by atoms with Crippen LogP contribution in [-0.2, 0) is 21.7 Å². The Morgan fingerprint density at radius 1 is 1.27 bits per heavy atom. The zero-order valence-electron chi connectivity index (χ0n) is 18.0. The predicted octanol–water partition coefficient (Wildman–Crippen LogP) is 2.15. The van der Waals surface area contributed by atoms with Gasteiger partial charge >= 0.3 is 0 Å². The van der Waals surface area contributed by atoms with E-state index in [0.29, 0.717) is 26.2 Å². The maximum Gasteiger partial charge on any atom is 0.216 e. The van der Waals surface area contributed by atoms with Gasteiger partial charge in [0.2, 0.25) is 6.41 Å². The van der Waals surface area contributed by atoms with Gasteiger partial charge in [-0.3, -0.25) is 19.7 Å². The van der Waals surface area contributed by atoms with Crippen molar-refractivity contribution < 1.29 is 19.4 Å². The van der Waals surface area contributed by atoms with Crippen LogP contribution in [0, 0.1) is 5.92 Å². The summed E-state index contributed by atoms with van der Waals surface area (Å²) in [5, 5.41) is 12.7. The van der Waals surface area contributed by atoms with E-state index in [2.05, 4.69) is 9.97 Å². The van der Waals surface area contributed by atoms with Crippen molar-refractivity contribution in [3.63, 3.8) is 0 Å². The summed E-state index contributed by atoms with van der Waals surface area (Å²) in [4.78, 5) is 17.0. The zero-order chi connectivity index (χ0) is 21.4. The Labute approximate surface area is 177 Å². The van der Waals surface area contributed by atoms with Gasteiger partial charge in [0.1, 0.15) is 11.3 Å². The molecule has 2 fully saturated rings. The van der Waals surface area contributed by atoms with Crippen molar-refractivity contribution in [2.45, 2.75) is 44.9 Å². The second-order valence-electron chi connectivity index (χ2n) is 8.88. The number of nitrogens with zero attached hydrogens (tertiary/aromatic N) is 4. The molecule has 0 spiro atoms. The Morgan fingerprint density at radius 3 is 2.67 bits per heavy atom. The summed E-state index contributed by atoms with van der Waals surface area (Å²) >= 11 is 0. The summed E-state index contributed by atoms with van der Waals surface area (Å²) in [5.74, 6) is 0.947. The molecule has 0 saturated carbocycles. The first-order chi connectivity index (χ1) is 14.3. The summed E-state index contributed by atoms with van der Waals surface area (Å²) in [7, 11) is 1.66. The largest absolute Gasteiger partial charge is 0.497 e. The smallest absolute Gasteiger partial charge is 0.216 e. The van der Waals surface area contributed by atoms with Crippen LogP contribution < -0.4 is 4.74 Å². The molecule has 0 aliphatic carbocycles. The number of aliphatic hydroxyl groups is 1. The summed E-state index contributed by atoms with van der Waals surface area (Å²) in [6, 6.07) is 7.95. The minimum atomic E-state index is -0.994. The summed E-state index contributed by atoms with van der Waals surface area (Å²) in [6.07, 6.45) is 4.18. The molecule has 2 aliphatic heterocycles. The lowest BCUT2D eigenvalue weighted by Gasteiger charge is -2.37. The van der Waals surface area contributed by atoms with Crippen molar-refractivity contribution in [3.8, 4) is 5.75 Å². The number of likely N-dealkylation sites (tertiary alicyclic amines) is 1. The van der Waals surface area contributed by atoms with Crippen LogP contribution >= 0.6 is 0 Å². The molecule has 1 aromatic carbocycles. The Hall–Kier alpha value is -2.10. The van der Waals surface area contributed by atoms with E-state index in [0.717, 1.165) is 17.0 Å². The second-order valence-corrected chi connectivity index (χ2v) is 8.88. The molecular formula is C22H30N4O4. The van der Waals surface area contributed by atoms with Crippen LogP contribution in [0.25, 0.3) is 0 Å². The second kappa shape index (κ2) is 8.20. The van der Waals surface area contributed by atoms with Crippen LogP contribution in [0.15, 0.2) is 42.9 Å². The third kappa shape index (κ3) is 4.06. The average Bonchev–Trinajstić information content (AvgIpc) is 3.26. The van der Waals surface area contributed by atoms with E-state index in [1.165, 1.54) is 0 Å². The van der Waals surface area contributed by atoms with Crippen LogP contribution in [0.5, 0.6) is 5.75 Å². The van der Waals surface area contributed by atoms with Gasteiger partial charge in [-0.25, -0.2) is 0 Å². The normalized spacial score (nSPS) is 26.0. The molecule has 8 nitrogen and oxygen atoms in total. The third-order valence-corrected chi connectivity index (χ3v) is 5.71. The highest BCUT2D eigenvalue weighted by molar-refractivity contribution is 5.28. The molecule has 162 valence electrons. The molecule has 30 heavy (non-hydrogen) atoms. The molecular weight excluding hydrogens is 384 g/mol. The molecule has 2 saturated heterocycles. The van der Waals surface area contributed by atoms with Crippen molar-refractivity contribution >= 4 is 0 Å². The number of ether oxygens (including phenoxy) is 2. The number of hydrogen-bond acceptors (Lipinski definition) is 8. The number of fused-ring (bicyclic) bond motifs is 1. The number of rotatable bonds is 6. The Balaban J connectivity index is 1.62. The predicted molar refractivity (Wildman–Crippen MR) is 110 cm³/mol. The molecule has 3 heterocycles. The fourth-order valence-electron chi connectivity index (χ4n) is 4.29. The van der Waals surface area contributed by atoms with Gasteiger partial charge in [0.25, 0.3) is 0 Å². The molecule has 2 aliphatic rings. The van der Waals surface area contributed by atoms with E-state index >= 15 is 0 Å². The van der Waals surface area contributed by atoms with Crippen molar-refractivity contribution in [1.29, 1.82) is 0 Å². The Kier molecular flexibility index (Phi) is 5.78. The monoisotopic (exact) mass is 414 g/mol. The fourth-order valence-corrected chi connectivity index (χ4v) is 4.29. The van der Waals surface area contributed by atoms with Crippen molar-refractivity contribution in [1.82, 2.24) is 19.9 Å². The van der Waals surface area contributed by atoms with E-state index in [9.17, 15) is 5.11 Å². The summed E-state index contributed by atoms with van der Waals surface area (Å²) < 4.78 is 11.1. The van der Waals surface area contributed by atoms with E-state index in [4.69, 9.17) is 14.3 Å². The lowest BCUT2D eigenvalue weighted by atomic mass is 9.85. The van der Waals surface area contributed by atoms with Crippen LogP contribution in [0.1, 0.15) is 32.0 Å².